The van der Waals surface area contributed by atoms with Crippen LogP contribution in [-0.4, -0.2) is 23.5 Å². The maximum Gasteiger partial charge on any atom is 0.0346 e. The van der Waals surface area contributed by atoms with Crippen LogP contribution in [0.25, 0.3) is 10.1 Å². The molecule has 3 heteroatoms. The molecule has 0 atom stereocenters. The molecule has 0 bridgehead atoms. The molecule has 1 aromatic carbocycles. The Hall–Kier alpha value is -0.900. The van der Waals surface area contributed by atoms with E-state index in [2.05, 4.69) is 41.5 Å². The van der Waals surface area contributed by atoms with E-state index >= 15 is 0 Å². The van der Waals surface area contributed by atoms with Gasteiger partial charge in [-0.25, -0.2) is 0 Å². The van der Waals surface area contributed by atoms with Crippen LogP contribution in [0.5, 0.6) is 0 Å². The Bertz CT molecular complexity index is 555. The van der Waals surface area contributed by atoms with Crippen LogP contribution in [0.1, 0.15) is 38.2 Å². The van der Waals surface area contributed by atoms with Crippen LogP contribution in [-0.2, 0) is 6.54 Å². The molecule has 0 spiro atoms. The highest BCUT2D eigenvalue weighted by atomic mass is 32.1. The summed E-state index contributed by atoms with van der Waals surface area (Å²) in [6, 6.07) is 9.91. The molecule has 1 heterocycles. The van der Waals surface area contributed by atoms with E-state index in [1.807, 2.05) is 11.3 Å². The zero-order chi connectivity index (χ0) is 13.9. The number of hydrogen-bond donors (Lipinski definition) is 1. The van der Waals surface area contributed by atoms with Gasteiger partial charge in [0.2, 0.25) is 0 Å². The second-order valence-electron chi connectivity index (χ2n) is 5.89. The smallest absolute Gasteiger partial charge is 0.0346 e. The third kappa shape index (κ3) is 2.90. The average Bonchev–Trinajstić information content (AvgIpc) is 2.89. The van der Waals surface area contributed by atoms with Gasteiger partial charge < -0.3 is 5.73 Å². The van der Waals surface area contributed by atoms with E-state index in [9.17, 15) is 0 Å². The number of nitrogens with zero attached hydrogens (tertiary/aromatic N) is 1. The molecule has 1 fully saturated rings. The third-order valence-corrected chi connectivity index (χ3v) is 5.61. The van der Waals surface area contributed by atoms with Crippen molar-refractivity contribution in [2.24, 2.45) is 5.73 Å². The minimum Gasteiger partial charge on any atom is -0.328 e. The molecule has 3 rings (SSSR count). The van der Waals surface area contributed by atoms with Gasteiger partial charge in [0.1, 0.15) is 0 Å². The molecular formula is C17H24N2S. The molecular weight excluding hydrogens is 264 g/mol. The van der Waals surface area contributed by atoms with Gasteiger partial charge in [0.15, 0.2) is 0 Å². The molecule has 2 nitrogen and oxygen atoms in total. The summed E-state index contributed by atoms with van der Waals surface area (Å²) in [6.45, 7) is 4.49. The molecule has 2 aromatic rings. The third-order valence-electron chi connectivity index (χ3n) is 4.60. The highest BCUT2D eigenvalue weighted by Gasteiger charge is 2.23. The van der Waals surface area contributed by atoms with Crippen LogP contribution in [0.3, 0.4) is 0 Å². The number of thiophene rings is 1. The van der Waals surface area contributed by atoms with Crippen molar-refractivity contribution in [1.29, 1.82) is 0 Å². The fourth-order valence-corrected chi connectivity index (χ4v) is 4.29. The quantitative estimate of drug-likeness (QED) is 0.921. The van der Waals surface area contributed by atoms with Crippen LogP contribution in [0, 0.1) is 0 Å². The van der Waals surface area contributed by atoms with E-state index in [-0.39, 0.29) is 0 Å². The molecule has 1 saturated carbocycles. The standard InChI is InChI=1S/C17H24N2S/c1-2-19(15-9-7-14(18)8-10-15)11-13-12-20-17-6-4-3-5-16(13)17/h3-6,12,14-15H,2,7-11,18H2,1H3. The second kappa shape index (κ2) is 6.25. The van der Waals surface area contributed by atoms with Crippen LogP contribution < -0.4 is 5.73 Å². The highest BCUT2D eigenvalue weighted by molar-refractivity contribution is 7.17. The van der Waals surface area contributed by atoms with E-state index in [0.717, 1.165) is 19.1 Å². The van der Waals surface area contributed by atoms with Crippen molar-refractivity contribution < 1.29 is 0 Å². The highest BCUT2D eigenvalue weighted by Crippen LogP contribution is 2.29. The van der Waals surface area contributed by atoms with E-state index in [1.165, 1.54) is 41.3 Å². The van der Waals surface area contributed by atoms with Crippen molar-refractivity contribution in [1.82, 2.24) is 4.90 Å². The molecule has 0 radical (unpaired) electrons. The first-order valence-electron chi connectivity index (χ1n) is 7.72. The summed E-state index contributed by atoms with van der Waals surface area (Å²) in [5, 5.41) is 3.77. The van der Waals surface area contributed by atoms with Crippen molar-refractivity contribution in [3.63, 3.8) is 0 Å². The van der Waals surface area contributed by atoms with Crippen LogP contribution in [0.2, 0.25) is 0 Å². The van der Waals surface area contributed by atoms with Crippen LogP contribution >= 0.6 is 11.3 Å². The molecule has 1 aromatic heterocycles. The van der Waals surface area contributed by atoms with Gasteiger partial charge >= 0.3 is 0 Å². The fraction of sp³-hybridized carbons (Fsp3) is 0.529. The molecule has 1 aliphatic rings. The zero-order valence-electron chi connectivity index (χ0n) is 12.2. The SMILES string of the molecule is CCN(Cc1csc2ccccc12)C1CCC(N)CC1. The first-order chi connectivity index (χ1) is 9.78. The summed E-state index contributed by atoms with van der Waals surface area (Å²) in [5.74, 6) is 0. The van der Waals surface area contributed by atoms with Gasteiger partial charge in [0, 0.05) is 23.3 Å². The first kappa shape index (κ1) is 14.1. The monoisotopic (exact) mass is 288 g/mol. The molecule has 0 aliphatic heterocycles. The Morgan fingerprint density at radius 2 is 1.95 bits per heavy atom. The number of hydrogen-bond acceptors (Lipinski definition) is 3. The van der Waals surface area contributed by atoms with Gasteiger partial charge in [-0.15, -0.1) is 11.3 Å². The second-order valence-corrected chi connectivity index (χ2v) is 6.80. The molecule has 0 saturated heterocycles. The summed E-state index contributed by atoms with van der Waals surface area (Å²) in [5.41, 5.74) is 7.52. The molecule has 2 N–H and O–H groups in total. The van der Waals surface area contributed by atoms with Crippen LogP contribution in [0.4, 0.5) is 0 Å². The van der Waals surface area contributed by atoms with Gasteiger partial charge in [-0.05, 0) is 54.6 Å². The van der Waals surface area contributed by atoms with E-state index in [1.54, 1.807) is 0 Å². The van der Waals surface area contributed by atoms with Crippen molar-refractivity contribution >= 4 is 21.4 Å². The molecule has 108 valence electrons. The zero-order valence-corrected chi connectivity index (χ0v) is 13.0. The maximum absolute atomic E-state index is 6.03. The van der Waals surface area contributed by atoms with Crippen molar-refractivity contribution in [3.8, 4) is 0 Å². The Labute approximate surface area is 125 Å². The Morgan fingerprint density at radius 3 is 2.70 bits per heavy atom. The van der Waals surface area contributed by atoms with Crippen molar-refractivity contribution in [2.45, 2.75) is 51.2 Å². The van der Waals surface area contributed by atoms with Gasteiger partial charge in [-0.2, -0.15) is 0 Å². The largest absolute Gasteiger partial charge is 0.328 e. The van der Waals surface area contributed by atoms with E-state index in [4.69, 9.17) is 5.73 Å². The molecule has 0 unspecified atom stereocenters. The average molecular weight is 288 g/mol. The lowest BCUT2D eigenvalue weighted by molar-refractivity contribution is 0.150. The van der Waals surface area contributed by atoms with Gasteiger partial charge in [0.25, 0.3) is 0 Å². The Kier molecular flexibility index (Phi) is 4.39. The number of fused-ring (bicyclic) bond motifs is 1. The minimum atomic E-state index is 0.437. The Balaban J connectivity index is 1.74. The summed E-state index contributed by atoms with van der Waals surface area (Å²) in [4.78, 5) is 2.64. The number of nitrogens with two attached hydrogens (primary N) is 1. The van der Waals surface area contributed by atoms with Crippen molar-refractivity contribution in [3.05, 3.63) is 35.2 Å². The minimum absolute atomic E-state index is 0.437. The number of rotatable bonds is 4. The maximum atomic E-state index is 6.03. The molecule has 0 amide bonds. The normalized spacial score (nSPS) is 23.6. The summed E-state index contributed by atoms with van der Waals surface area (Å²) in [7, 11) is 0. The summed E-state index contributed by atoms with van der Waals surface area (Å²) in [6.07, 6.45) is 4.89. The van der Waals surface area contributed by atoms with Gasteiger partial charge in [0.05, 0.1) is 0 Å². The van der Waals surface area contributed by atoms with Gasteiger partial charge in [-0.1, -0.05) is 25.1 Å². The summed E-state index contributed by atoms with van der Waals surface area (Å²) >= 11 is 1.87. The predicted molar refractivity (Wildman–Crippen MR) is 88.1 cm³/mol. The van der Waals surface area contributed by atoms with E-state index in [0.29, 0.717) is 6.04 Å². The van der Waals surface area contributed by atoms with Crippen LogP contribution in [0.15, 0.2) is 29.6 Å². The lowest BCUT2D eigenvalue weighted by atomic mass is 9.90. The predicted octanol–water partition coefficient (Wildman–Crippen LogP) is 3.99. The Morgan fingerprint density at radius 1 is 1.20 bits per heavy atom. The lowest BCUT2D eigenvalue weighted by Crippen LogP contribution is -2.40. The lowest BCUT2D eigenvalue weighted by Gasteiger charge is -2.35. The van der Waals surface area contributed by atoms with E-state index < -0.39 is 0 Å². The first-order valence-corrected chi connectivity index (χ1v) is 8.60. The molecule has 20 heavy (non-hydrogen) atoms. The number of benzene rings is 1. The van der Waals surface area contributed by atoms with Crippen molar-refractivity contribution in [2.75, 3.05) is 6.54 Å². The molecule has 1 aliphatic carbocycles. The fourth-order valence-electron chi connectivity index (χ4n) is 3.34. The topological polar surface area (TPSA) is 29.3 Å². The van der Waals surface area contributed by atoms with Gasteiger partial charge in [-0.3, -0.25) is 4.90 Å². The summed E-state index contributed by atoms with van der Waals surface area (Å²) < 4.78 is 1.41.